The predicted molar refractivity (Wildman–Crippen MR) is 99.1 cm³/mol. The summed E-state index contributed by atoms with van der Waals surface area (Å²) in [6, 6.07) is 14.2. The molecule has 0 saturated carbocycles. The minimum Gasteiger partial charge on any atom is -0.332 e. The summed E-state index contributed by atoms with van der Waals surface area (Å²) in [5.41, 5.74) is 2.88. The maximum absolute atomic E-state index is 13.1. The summed E-state index contributed by atoms with van der Waals surface area (Å²) < 4.78 is 15.2. The SMILES string of the molecule is Cn1c(C2CCCCN2C(=O)Cc2ccc(F)cc2)nc2ccccc21. The Morgan fingerprint density at radius 2 is 1.92 bits per heavy atom. The maximum atomic E-state index is 13.1. The largest absolute Gasteiger partial charge is 0.332 e. The van der Waals surface area contributed by atoms with Crippen molar-refractivity contribution in [2.24, 2.45) is 7.05 Å². The van der Waals surface area contributed by atoms with Gasteiger partial charge in [0.25, 0.3) is 0 Å². The Morgan fingerprint density at radius 1 is 1.15 bits per heavy atom. The number of likely N-dealkylation sites (tertiary alicyclic amines) is 1. The second kappa shape index (κ2) is 6.90. The minimum atomic E-state index is -0.281. The van der Waals surface area contributed by atoms with Gasteiger partial charge in [-0.3, -0.25) is 4.79 Å². The van der Waals surface area contributed by atoms with E-state index in [-0.39, 0.29) is 17.8 Å². The van der Waals surface area contributed by atoms with Crippen LogP contribution in [-0.4, -0.2) is 26.9 Å². The molecule has 0 aliphatic carbocycles. The number of nitrogens with zero attached hydrogens (tertiary/aromatic N) is 3. The van der Waals surface area contributed by atoms with E-state index in [9.17, 15) is 9.18 Å². The van der Waals surface area contributed by atoms with E-state index in [1.54, 1.807) is 12.1 Å². The summed E-state index contributed by atoms with van der Waals surface area (Å²) in [5, 5.41) is 0. The van der Waals surface area contributed by atoms with Gasteiger partial charge >= 0.3 is 0 Å². The molecule has 1 fully saturated rings. The van der Waals surface area contributed by atoms with Gasteiger partial charge in [0.1, 0.15) is 11.6 Å². The molecule has 3 aromatic rings. The summed E-state index contributed by atoms with van der Waals surface area (Å²) in [7, 11) is 2.02. The number of piperidine rings is 1. The van der Waals surface area contributed by atoms with E-state index in [0.29, 0.717) is 6.42 Å². The first-order chi connectivity index (χ1) is 12.6. The van der Waals surface area contributed by atoms with Crippen molar-refractivity contribution >= 4 is 16.9 Å². The van der Waals surface area contributed by atoms with Crippen molar-refractivity contribution < 1.29 is 9.18 Å². The molecule has 1 amide bonds. The third kappa shape index (κ3) is 3.09. The third-order valence-electron chi connectivity index (χ3n) is 5.21. The Bertz CT molecular complexity index is 932. The van der Waals surface area contributed by atoms with E-state index >= 15 is 0 Å². The Morgan fingerprint density at radius 3 is 2.69 bits per heavy atom. The third-order valence-corrected chi connectivity index (χ3v) is 5.21. The molecule has 1 saturated heterocycles. The molecule has 2 aromatic carbocycles. The number of imidazole rings is 1. The lowest BCUT2D eigenvalue weighted by Crippen LogP contribution is -2.40. The maximum Gasteiger partial charge on any atom is 0.227 e. The molecule has 4 nitrogen and oxygen atoms in total. The molecule has 2 heterocycles. The Balaban J connectivity index is 1.62. The topological polar surface area (TPSA) is 38.1 Å². The van der Waals surface area contributed by atoms with Crippen molar-refractivity contribution in [1.29, 1.82) is 0 Å². The number of para-hydroxylation sites is 2. The summed E-state index contributed by atoms with van der Waals surface area (Å²) in [5.74, 6) is 0.739. The first-order valence-electron chi connectivity index (χ1n) is 9.09. The van der Waals surface area contributed by atoms with Crippen LogP contribution in [0.2, 0.25) is 0 Å². The van der Waals surface area contributed by atoms with Crippen LogP contribution in [0.15, 0.2) is 48.5 Å². The first-order valence-corrected chi connectivity index (χ1v) is 9.09. The summed E-state index contributed by atoms with van der Waals surface area (Å²) >= 11 is 0. The van der Waals surface area contributed by atoms with Gasteiger partial charge in [-0.25, -0.2) is 9.37 Å². The van der Waals surface area contributed by atoms with Crippen LogP contribution in [0.5, 0.6) is 0 Å². The molecule has 26 heavy (non-hydrogen) atoms. The number of amides is 1. The van der Waals surface area contributed by atoms with E-state index in [0.717, 1.165) is 48.2 Å². The minimum absolute atomic E-state index is 0.00546. The Hall–Kier alpha value is -2.69. The number of halogens is 1. The van der Waals surface area contributed by atoms with Gasteiger partial charge in [-0.1, -0.05) is 24.3 Å². The molecule has 5 heteroatoms. The van der Waals surface area contributed by atoms with Gasteiger partial charge in [0.05, 0.1) is 23.5 Å². The van der Waals surface area contributed by atoms with Crippen LogP contribution in [0.25, 0.3) is 11.0 Å². The Kier molecular flexibility index (Phi) is 4.45. The molecule has 4 rings (SSSR count). The number of hydrogen-bond acceptors (Lipinski definition) is 2. The quantitative estimate of drug-likeness (QED) is 0.715. The highest BCUT2D eigenvalue weighted by Crippen LogP contribution is 2.32. The highest BCUT2D eigenvalue weighted by molar-refractivity contribution is 5.80. The zero-order chi connectivity index (χ0) is 18.1. The monoisotopic (exact) mass is 351 g/mol. The van der Waals surface area contributed by atoms with Crippen molar-refractivity contribution in [3.8, 4) is 0 Å². The van der Waals surface area contributed by atoms with E-state index in [4.69, 9.17) is 4.98 Å². The van der Waals surface area contributed by atoms with Gasteiger partial charge in [-0.2, -0.15) is 0 Å². The highest BCUT2D eigenvalue weighted by Gasteiger charge is 2.31. The molecule has 0 spiro atoms. The average molecular weight is 351 g/mol. The van der Waals surface area contributed by atoms with Crippen molar-refractivity contribution in [2.75, 3.05) is 6.54 Å². The van der Waals surface area contributed by atoms with E-state index in [1.165, 1.54) is 12.1 Å². The fourth-order valence-corrected chi connectivity index (χ4v) is 3.84. The molecule has 134 valence electrons. The van der Waals surface area contributed by atoms with Crippen LogP contribution in [0.1, 0.15) is 36.7 Å². The number of carbonyl (C=O) groups excluding carboxylic acids is 1. The molecule has 0 bridgehead atoms. The second-order valence-corrected chi connectivity index (χ2v) is 6.92. The van der Waals surface area contributed by atoms with Crippen LogP contribution in [0, 0.1) is 5.82 Å². The molecule has 0 radical (unpaired) electrons. The zero-order valence-electron chi connectivity index (χ0n) is 14.9. The zero-order valence-corrected chi connectivity index (χ0v) is 14.9. The van der Waals surface area contributed by atoms with Crippen molar-refractivity contribution in [2.45, 2.75) is 31.7 Å². The molecule has 1 aliphatic rings. The summed E-state index contributed by atoms with van der Waals surface area (Å²) in [4.78, 5) is 19.7. The second-order valence-electron chi connectivity index (χ2n) is 6.92. The van der Waals surface area contributed by atoms with Crippen LogP contribution >= 0.6 is 0 Å². The number of rotatable bonds is 3. The summed E-state index contributed by atoms with van der Waals surface area (Å²) in [6.45, 7) is 0.744. The first kappa shape index (κ1) is 16.8. The van der Waals surface area contributed by atoms with Crippen molar-refractivity contribution in [3.05, 3.63) is 65.7 Å². The lowest BCUT2D eigenvalue weighted by molar-refractivity contribution is -0.134. The van der Waals surface area contributed by atoms with E-state index < -0.39 is 0 Å². The van der Waals surface area contributed by atoms with Crippen LogP contribution in [-0.2, 0) is 18.3 Å². The highest BCUT2D eigenvalue weighted by atomic mass is 19.1. The molecule has 1 aromatic heterocycles. The molecular formula is C21H22FN3O. The number of carbonyl (C=O) groups is 1. The molecule has 1 aliphatic heterocycles. The number of hydrogen-bond donors (Lipinski definition) is 0. The number of aryl methyl sites for hydroxylation is 1. The van der Waals surface area contributed by atoms with Crippen LogP contribution in [0.4, 0.5) is 4.39 Å². The van der Waals surface area contributed by atoms with Gasteiger partial charge in [0.15, 0.2) is 0 Å². The van der Waals surface area contributed by atoms with Gasteiger partial charge in [-0.15, -0.1) is 0 Å². The fourth-order valence-electron chi connectivity index (χ4n) is 3.84. The van der Waals surface area contributed by atoms with Gasteiger partial charge in [0.2, 0.25) is 5.91 Å². The molecular weight excluding hydrogens is 329 g/mol. The fraction of sp³-hybridized carbons (Fsp3) is 0.333. The van der Waals surface area contributed by atoms with Gasteiger partial charge in [-0.05, 0) is 49.1 Å². The van der Waals surface area contributed by atoms with Crippen LogP contribution < -0.4 is 0 Å². The standard InChI is InChI=1S/C21H22FN3O/c1-24-18-7-3-2-6-17(18)23-21(24)19-8-4-5-13-25(19)20(26)14-15-9-11-16(22)12-10-15/h2-3,6-7,9-12,19H,4-5,8,13-14H2,1H3. The van der Waals surface area contributed by atoms with Gasteiger partial charge in [0, 0.05) is 13.6 Å². The molecule has 0 N–H and O–H groups in total. The van der Waals surface area contributed by atoms with E-state index in [2.05, 4.69) is 10.6 Å². The van der Waals surface area contributed by atoms with Crippen LogP contribution in [0.3, 0.4) is 0 Å². The van der Waals surface area contributed by atoms with Crippen molar-refractivity contribution in [3.63, 3.8) is 0 Å². The predicted octanol–water partition coefficient (Wildman–Crippen LogP) is 4.01. The molecule has 1 unspecified atom stereocenters. The number of benzene rings is 2. The van der Waals surface area contributed by atoms with E-state index in [1.807, 2.05) is 30.1 Å². The summed E-state index contributed by atoms with van der Waals surface area (Å²) in [6.07, 6.45) is 3.32. The number of fused-ring (bicyclic) bond motifs is 1. The lowest BCUT2D eigenvalue weighted by atomic mass is 10.00. The average Bonchev–Trinajstić information content (AvgIpc) is 3.00. The molecule has 1 atom stereocenters. The Labute approximate surface area is 152 Å². The van der Waals surface area contributed by atoms with Crippen molar-refractivity contribution in [1.82, 2.24) is 14.5 Å². The van der Waals surface area contributed by atoms with Gasteiger partial charge < -0.3 is 9.47 Å². The lowest BCUT2D eigenvalue weighted by Gasteiger charge is -2.35. The normalized spacial score (nSPS) is 17.6. The smallest absolute Gasteiger partial charge is 0.227 e. The number of aromatic nitrogens is 2.